The minimum Gasteiger partial charge on any atom is -0.335 e. The Balaban J connectivity index is 1.99. The smallest absolute Gasteiger partial charge is 0.120 e. The summed E-state index contributed by atoms with van der Waals surface area (Å²) in [5.41, 5.74) is 2.31. The molecule has 2 rings (SSSR count). The van der Waals surface area contributed by atoms with Crippen LogP contribution in [0.15, 0.2) is 23.6 Å². The lowest BCUT2D eigenvalue weighted by Gasteiger charge is -2.11. The lowest BCUT2D eigenvalue weighted by Crippen LogP contribution is -2.83. The number of benzene rings is 1. The van der Waals surface area contributed by atoms with Crippen LogP contribution in [0.1, 0.15) is 29.2 Å². The molecule has 0 aliphatic heterocycles. The summed E-state index contributed by atoms with van der Waals surface area (Å²) in [5, 5.41) is 6.67. The molecule has 2 nitrogen and oxygen atoms in total. The van der Waals surface area contributed by atoms with Crippen LogP contribution in [0.4, 0.5) is 0 Å². The standard InChI is InChI=1S/C13H14Cl2N2S/c1-8(10-3-4-12(14)13(15)5-10)16-6-11-7-18-9(2)17-11/h3-5,7-8,16H,6H2,1-2H3/p+1/t8-/m1/s1. The van der Waals surface area contributed by atoms with E-state index in [1.807, 2.05) is 25.1 Å². The van der Waals surface area contributed by atoms with Gasteiger partial charge in [0.15, 0.2) is 0 Å². The molecule has 1 aromatic carbocycles. The van der Waals surface area contributed by atoms with Gasteiger partial charge in [0, 0.05) is 10.9 Å². The highest BCUT2D eigenvalue weighted by atomic mass is 35.5. The predicted molar refractivity (Wildman–Crippen MR) is 77.4 cm³/mol. The lowest BCUT2D eigenvalue weighted by molar-refractivity contribution is -0.708. The van der Waals surface area contributed by atoms with Gasteiger partial charge in [0.1, 0.15) is 18.3 Å². The maximum Gasteiger partial charge on any atom is 0.120 e. The van der Waals surface area contributed by atoms with Crippen LogP contribution in [0.25, 0.3) is 0 Å². The number of aryl methyl sites for hydroxylation is 1. The van der Waals surface area contributed by atoms with Gasteiger partial charge in [0.05, 0.1) is 15.1 Å². The van der Waals surface area contributed by atoms with E-state index < -0.39 is 0 Å². The van der Waals surface area contributed by atoms with Gasteiger partial charge in [-0.25, -0.2) is 4.98 Å². The summed E-state index contributed by atoms with van der Waals surface area (Å²) in [6.45, 7) is 5.06. The molecular weight excluding hydrogens is 287 g/mol. The first-order valence-corrected chi connectivity index (χ1v) is 7.39. The second-order valence-corrected chi connectivity index (χ2v) is 6.14. The molecule has 0 bridgehead atoms. The van der Waals surface area contributed by atoms with Crippen LogP contribution >= 0.6 is 34.5 Å². The molecule has 0 radical (unpaired) electrons. The van der Waals surface area contributed by atoms with Crippen molar-refractivity contribution in [2.75, 3.05) is 0 Å². The van der Waals surface area contributed by atoms with Crippen LogP contribution in [0, 0.1) is 6.92 Å². The van der Waals surface area contributed by atoms with Gasteiger partial charge in [0.25, 0.3) is 0 Å². The molecule has 1 aromatic heterocycles. The van der Waals surface area contributed by atoms with E-state index in [2.05, 4.69) is 22.6 Å². The van der Waals surface area contributed by atoms with E-state index in [4.69, 9.17) is 23.2 Å². The minimum atomic E-state index is 0.335. The Morgan fingerprint density at radius 3 is 2.72 bits per heavy atom. The van der Waals surface area contributed by atoms with Crippen molar-refractivity contribution in [3.05, 3.63) is 49.9 Å². The SMILES string of the molecule is Cc1nc(C[NH2+][C@H](C)c2ccc(Cl)c(Cl)c2)cs1. The van der Waals surface area contributed by atoms with Crippen molar-refractivity contribution < 1.29 is 5.32 Å². The first-order chi connectivity index (χ1) is 8.56. The maximum atomic E-state index is 6.02. The van der Waals surface area contributed by atoms with Gasteiger partial charge in [-0.05, 0) is 26.0 Å². The Bertz CT molecular complexity index is 540. The van der Waals surface area contributed by atoms with Gasteiger partial charge in [-0.2, -0.15) is 0 Å². The number of nitrogens with zero attached hydrogens (tertiary/aromatic N) is 1. The average Bonchev–Trinajstić information content (AvgIpc) is 2.75. The molecule has 0 unspecified atom stereocenters. The normalized spacial score (nSPS) is 12.7. The third kappa shape index (κ3) is 3.45. The van der Waals surface area contributed by atoms with E-state index in [-0.39, 0.29) is 0 Å². The Morgan fingerprint density at radius 1 is 1.33 bits per heavy atom. The monoisotopic (exact) mass is 301 g/mol. The molecule has 0 spiro atoms. The quantitative estimate of drug-likeness (QED) is 0.919. The highest BCUT2D eigenvalue weighted by molar-refractivity contribution is 7.09. The number of aromatic nitrogens is 1. The van der Waals surface area contributed by atoms with E-state index in [1.54, 1.807) is 11.3 Å². The molecule has 18 heavy (non-hydrogen) atoms. The second kappa shape index (κ2) is 6.02. The molecule has 0 saturated heterocycles. The molecular formula is C13H15Cl2N2S+. The summed E-state index contributed by atoms with van der Waals surface area (Å²) < 4.78 is 0. The molecule has 1 atom stereocenters. The maximum absolute atomic E-state index is 6.02. The number of hydrogen-bond acceptors (Lipinski definition) is 2. The second-order valence-electron chi connectivity index (χ2n) is 4.26. The summed E-state index contributed by atoms with van der Waals surface area (Å²) in [6.07, 6.45) is 0. The van der Waals surface area contributed by atoms with Crippen molar-refractivity contribution in [2.45, 2.75) is 26.4 Å². The highest BCUT2D eigenvalue weighted by Gasteiger charge is 2.11. The highest BCUT2D eigenvalue weighted by Crippen LogP contribution is 2.24. The fourth-order valence-electron chi connectivity index (χ4n) is 1.73. The van der Waals surface area contributed by atoms with Crippen molar-refractivity contribution in [2.24, 2.45) is 0 Å². The molecule has 0 aliphatic carbocycles. The van der Waals surface area contributed by atoms with Crippen molar-refractivity contribution in [3.8, 4) is 0 Å². The summed E-state index contributed by atoms with van der Waals surface area (Å²) in [6, 6.07) is 6.12. The number of nitrogens with two attached hydrogens (primary N) is 1. The van der Waals surface area contributed by atoms with Crippen molar-refractivity contribution >= 4 is 34.5 Å². The van der Waals surface area contributed by atoms with E-state index in [9.17, 15) is 0 Å². The van der Waals surface area contributed by atoms with Gasteiger partial charge in [-0.15, -0.1) is 11.3 Å². The number of halogens is 2. The molecule has 0 fully saturated rings. The summed E-state index contributed by atoms with van der Waals surface area (Å²) in [4.78, 5) is 4.45. The van der Waals surface area contributed by atoms with Crippen LogP contribution in [0.3, 0.4) is 0 Å². The van der Waals surface area contributed by atoms with E-state index >= 15 is 0 Å². The number of hydrogen-bond donors (Lipinski definition) is 1. The summed E-state index contributed by atoms with van der Waals surface area (Å²) >= 11 is 13.6. The van der Waals surface area contributed by atoms with Crippen molar-refractivity contribution in [1.82, 2.24) is 4.98 Å². The zero-order chi connectivity index (χ0) is 13.1. The van der Waals surface area contributed by atoms with Crippen LogP contribution < -0.4 is 5.32 Å². The number of thiazole rings is 1. The average molecular weight is 302 g/mol. The summed E-state index contributed by atoms with van der Waals surface area (Å²) in [5.74, 6) is 0. The Morgan fingerprint density at radius 2 is 2.11 bits per heavy atom. The van der Waals surface area contributed by atoms with Crippen molar-refractivity contribution in [3.63, 3.8) is 0 Å². The van der Waals surface area contributed by atoms with Gasteiger partial charge < -0.3 is 5.32 Å². The van der Waals surface area contributed by atoms with Crippen LogP contribution in [0.2, 0.25) is 10.0 Å². The molecule has 2 aromatic rings. The topological polar surface area (TPSA) is 29.5 Å². The Kier molecular flexibility index (Phi) is 4.62. The Labute approximate surface area is 121 Å². The largest absolute Gasteiger partial charge is 0.335 e. The third-order valence-electron chi connectivity index (χ3n) is 2.82. The zero-order valence-electron chi connectivity index (χ0n) is 10.3. The predicted octanol–water partition coefficient (Wildman–Crippen LogP) is 3.58. The molecule has 0 aliphatic rings. The van der Waals surface area contributed by atoms with Gasteiger partial charge in [-0.1, -0.05) is 29.3 Å². The third-order valence-corrected chi connectivity index (χ3v) is 4.38. The van der Waals surface area contributed by atoms with E-state index in [1.165, 1.54) is 5.56 Å². The first-order valence-electron chi connectivity index (χ1n) is 5.75. The van der Waals surface area contributed by atoms with Crippen LogP contribution in [-0.2, 0) is 6.54 Å². The van der Waals surface area contributed by atoms with Crippen LogP contribution in [0.5, 0.6) is 0 Å². The number of rotatable bonds is 4. The van der Waals surface area contributed by atoms with Gasteiger partial charge in [-0.3, -0.25) is 0 Å². The number of quaternary nitrogens is 1. The minimum absolute atomic E-state index is 0.335. The zero-order valence-corrected chi connectivity index (χ0v) is 12.6. The molecule has 5 heteroatoms. The summed E-state index contributed by atoms with van der Waals surface area (Å²) in [7, 11) is 0. The van der Waals surface area contributed by atoms with Gasteiger partial charge >= 0.3 is 0 Å². The Hall–Kier alpha value is -0.610. The fraction of sp³-hybridized carbons (Fsp3) is 0.308. The van der Waals surface area contributed by atoms with Crippen LogP contribution in [-0.4, -0.2) is 4.98 Å². The molecule has 0 saturated carbocycles. The van der Waals surface area contributed by atoms with Gasteiger partial charge in [0.2, 0.25) is 0 Å². The van der Waals surface area contributed by atoms with E-state index in [0.717, 1.165) is 17.2 Å². The lowest BCUT2D eigenvalue weighted by atomic mass is 10.1. The molecule has 96 valence electrons. The van der Waals surface area contributed by atoms with E-state index in [0.29, 0.717) is 16.1 Å². The van der Waals surface area contributed by atoms with Crippen molar-refractivity contribution in [1.29, 1.82) is 0 Å². The molecule has 0 amide bonds. The fourth-order valence-corrected chi connectivity index (χ4v) is 2.66. The molecule has 2 N–H and O–H groups in total. The molecule has 1 heterocycles. The first kappa shape index (κ1) is 13.8.